The lowest BCUT2D eigenvalue weighted by atomic mass is 9.66. The van der Waals surface area contributed by atoms with Crippen molar-refractivity contribution in [2.24, 2.45) is 17.8 Å². The van der Waals surface area contributed by atoms with Gasteiger partial charge in [0, 0.05) is 25.3 Å². The van der Waals surface area contributed by atoms with E-state index in [4.69, 9.17) is 4.74 Å². The number of hydrogen-bond acceptors (Lipinski definition) is 5. The van der Waals surface area contributed by atoms with Gasteiger partial charge in [-0.25, -0.2) is 0 Å². The molecule has 1 spiro atoms. The largest absolute Gasteiger partial charge is 0.394 e. The van der Waals surface area contributed by atoms with Gasteiger partial charge in [-0.15, -0.1) is 13.2 Å². The maximum Gasteiger partial charge on any atom is 0.248 e. The van der Waals surface area contributed by atoms with Crippen molar-refractivity contribution in [2.45, 2.75) is 83.1 Å². The molecule has 1 N–H and O–H groups in total. The number of hydrogen-bond donors (Lipinski definition) is 1. The summed E-state index contributed by atoms with van der Waals surface area (Å²) in [5.74, 6) is -2.08. The molecule has 8 heteroatoms. The fourth-order valence-electron chi connectivity index (χ4n) is 7.43. The van der Waals surface area contributed by atoms with Crippen LogP contribution in [0.3, 0.4) is 0 Å². The van der Waals surface area contributed by atoms with Gasteiger partial charge in [0.1, 0.15) is 11.6 Å². The molecule has 6 atom stereocenters. The van der Waals surface area contributed by atoms with Crippen LogP contribution in [0.1, 0.15) is 59.8 Å². The van der Waals surface area contributed by atoms with Crippen LogP contribution in [0.2, 0.25) is 0 Å². The average Bonchev–Trinajstić information content (AvgIpc) is 3.53. The first-order chi connectivity index (χ1) is 19.6. The number of anilines is 1. The Morgan fingerprint density at radius 2 is 1.83 bits per heavy atom. The normalized spacial score (nSPS) is 29.0. The lowest BCUT2D eigenvalue weighted by Gasteiger charge is -2.40. The Labute approximate surface area is 245 Å². The maximum atomic E-state index is 14.6. The maximum absolute atomic E-state index is 14.6. The molecule has 0 aromatic heterocycles. The summed E-state index contributed by atoms with van der Waals surface area (Å²) >= 11 is 0. The number of carbonyl (C=O) groups is 3. The molecule has 0 saturated carbocycles. The van der Waals surface area contributed by atoms with Gasteiger partial charge in [0.15, 0.2) is 0 Å². The Morgan fingerprint density at radius 3 is 2.41 bits per heavy atom. The summed E-state index contributed by atoms with van der Waals surface area (Å²) in [6.45, 7) is 16.7. The number of amides is 3. The van der Waals surface area contributed by atoms with Gasteiger partial charge in [0.2, 0.25) is 17.7 Å². The summed E-state index contributed by atoms with van der Waals surface area (Å²) in [7, 11) is 0. The highest BCUT2D eigenvalue weighted by molar-refractivity contribution is 6.03. The summed E-state index contributed by atoms with van der Waals surface area (Å²) in [6, 6.07) is 7.90. The molecule has 2 unspecified atom stereocenters. The zero-order valence-electron chi connectivity index (χ0n) is 25.1. The second kappa shape index (κ2) is 12.5. The van der Waals surface area contributed by atoms with E-state index in [1.54, 1.807) is 26.9 Å². The van der Waals surface area contributed by atoms with Crippen molar-refractivity contribution in [3.63, 3.8) is 0 Å². The molecule has 1 aromatic carbocycles. The molecule has 0 aliphatic carbocycles. The highest BCUT2D eigenvalue weighted by Crippen LogP contribution is 2.64. The summed E-state index contributed by atoms with van der Waals surface area (Å²) in [5, 5.41) is 10.5. The van der Waals surface area contributed by atoms with Gasteiger partial charge in [-0.1, -0.05) is 57.5 Å². The molecular weight excluding hydrogens is 518 g/mol. The van der Waals surface area contributed by atoms with Crippen molar-refractivity contribution in [2.75, 3.05) is 31.1 Å². The van der Waals surface area contributed by atoms with E-state index < -0.39 is 35.1 Å². The number of likely N-dealkylation sites (tertiary alicyclic amines) is 1. The third kappa shape index (κ3) is 5.37. The van der Waals surface area contributed by atoms with Crippen LogP contribution in [-0.4, -0.2) is 82.2 Å². The number of nitrogens with zero attached hydrogens (tertiary/aromatic N) is 3. The van der Waals surface area contributed by atoms with Gasteiger partial charge in [0.05, 0.1) is 30.1 Å². The Balaban J connectivity index is 1.83. The van der Waals surface area contributed by atoms with Gasteiger partial charge < -0.3 is 24.5 Å². The van der Waals surface area contributed by atoms with E-state index in [0.717, 1.165) is 18.5 Å². The first-order valence-corrected chi connectivity index (χ1v) is 15.1. The van der Waals surface area contributed by atoms with Crippen molar-refractivity contribution in [3.8, 4) is 0 Å². The van der Waals surface area contributed by atoms with Gasteiger partial charge in [0.25, 0.3) is 0 Å². The van der Waals surface area contributed by atoms with Crippen molar-refractivity contribution in [1.82, 2.24) is 9.80 Å². The van der Waals surface area contributed by atoms with Crippen LogP contribution in [0.15, 0.2) is 55.6 Å². The summed E-state index contributed by atoms with van der Waals surface area (Å²) in [5.41, 5.74) is -1.32. The second-order valence-electron chi connectivity index (χ2n) is 12.4. The number of para-hydroxylation sites is 1. The number of rotatable bonds is 14. The molecule has 2 bridgehead atoms. The standard InChI is InChI=1S/C33H47N3O5/c1-7-10-20-34(18-8-2)31(40)28-33-17-16-32(6,41-33)26(27(33)30(39)36(28)25(22-37)21-23(4)5)29(38)35(19-9-3)24-14-12-11-13-15-24/h8-9,11-15,23,25-28,37H,2-3,7,10,16-22H2,1,4-6H3/t25-,26+,27+,28?,32-,33?/m1/s1. The fraction of sp³-hybridized carbons (Fsp3) is 0.606. The van der Waals surface area contributed by atoms with Gasteiger partial charge >= 0.3 is 0 Å². The number of benzene rings is 1. The van der Waals surface area contributed by atoms with Crippen LogP contribution in [0.5, 0.6) is 0 Å². The molecule has 224 valence electrons. The van der Waals surface area contributed by atoms with Crippen molar-refractivity contribution in [3.05, 3.63) is 55.6 Å². The zero-order chi connectivity index (χ0) is 29.9. The van der Waals surface area contributed by atoms with Crippen molar-refractivity contribution < 1.29 is 24.2 Å². The summed E-state index contributed by atoms with van der Waals surface area (Å²) in [4.78, 5) is 48.6. The van der Waals surface area contributed by atoms with E-state index in [2.05, 4.69) is 20.1 Å². The van der Waals surface area contributed by atoms with Crippen LogP contribution in [-0.2, 0) is 19.1 Å². The molecule has 3 fully saturated rings. The molecule has 3 amide bonds. The molecule has 3 heterocycles. The van der Waals surface area contributed by atoms with E-state index in [1.807, 2.05) is 51.1 Å². The van der Waals surface area contributed by atoms with Gasteiger partial charge in [-0.2, -0.15) is 0 Å². The monoisotopic (exact) mass is 565 g/mol. The van der Waals surface area contributed by atoms with Crippen molar-refractivity contribution in [1.29, 1.82) is 0 Å². The predicted molar refractivity (Wildman–Crippen MR) is 160 cm³/mol. The topological polar surface area (TPSA) is 90.4 Å². The first kappa shape index (κ1) is 31.0. The fourth-order valence-corrected chi connectivity index (χ4v) is 7.43. The minimum absolute atomic E-state index is 0.186. The van der Waals surface area contributed by atoms with Crippen LogP contribution < -0.4 is 4.90 Å². The third-order valence-electron chi connectivity index (χ3n) is 9.15. The number of aliphatic hydroxyl groups excluding tert-OH is 1. The lowest BCUT2D eigenvalue weighted by Crippen LogP contribution is -2.59. The molecule has 41 heavy (non-hydrogen) atoms. The average molecular weight is 566 g/mol. The Hall–Kier alpha value is -2.97. The first-order valence-electron chi connectivity index (χ1n) is 15.1. The molecule has 1 aromatic rings. The SMILES string of the molecule is C=CCN(CCCC)C(=O)C1N([C@@H](CO)CC(C)C)C(=O)[C@@H]2[C@@H](C(=O)N(CC=C)c3ccccc3)[C@@]3(C)CCC12O3. The highest BCUT2D eigenvalue weighted by Gasteiger charge is 2.78. The second-order valence-corrected chi connectivity index (χ2v) is 12.4. The minimum atomic E-state index is -1.14. The van der Waals surface area contributed by atoms with Gasteiger partial charge in [-0.3, -0.25) is 14.4 Å². The molecule has 8 nitrogen and oxygen atoms in total. The van der Waals surface area contributed by atoms with E-state index in [0.29, 0.717) is 32.4 Å². The van der Waals surface area contributed by atoms with Crippen LogP contribution in [0.25, 0.3) is 0 Å². The third-order valence-corrected chi connectivity index (χ3v) is 9.15. The number of fused-ring (bicyclic) bond motifs is 1. The van der Waals surface area contributed by atoms with E-state index in [9.17, 15) is 19.5 Å². The molecule has 4 rings (SSSR count). The number of aliphatic hydroxyl groups is 1. The minimum Gasteiger partial charge on any atom is -0.394 e. The summed E-state index contributed by atoms with van der Waals surface area (Å²) < 4.78 is 6.85. The van der Waals surface area contributed by atoms with Gasteiger partial charge in [-0.05, 0) is 50.7 Å². The Kier molecular flexibility index (Phi) is 9.44. The predicted octanol–water partition coefficient (Wildman–Crippen LogP) is 4.19. The lowest BCUT2D eigenvalue weighted by molar-refractivity contribution is -0.155. The van der Waals surface area contributed by atoms with Crippen LogP contribution in [0, 0.1) is 17.8 Å². The van der Waals surface area contributed by atoms with E-state index in [1.165, 1.54) is 0 Å². The van der Waals surface area contributed by atoms with Crippen LogP contribution in [0.4, 0.5) is 5.69 Å². The zero-order valence-corrected chi connectivity index (χ0v) is 25.1. The van der Waals surface area contributed by atoms with E-state index >= 15 is 0 Å². The number of carbonyl (C=O) groups excluding carboxylic acids is 3. The molecule has 0 radical (unpaired) electrons. The quantitative estimate of drug-likeness (QED) is 0.342. The molecule has 3 aliphatic heterocycles. The Bertz CT molecular complexity index is 1140. The number of ether oxygens (including phenoxy) is 1. The molecule has 3 aliphatic rings. The molecule has 3 saturated heterocycles. The highest BCUT2D eigenvalue weighted by atomic mass is 16.5. The Morgan fingerprint density at radius 1 is 1.15 bits per heavy atom. The smallest absolute Gasteiger partial charge is 0.248 e. The van der Waals surface area contributed by atoms with Crippen molar-refractivity contribution >= 4 is 23.4 Å². The van der Waals surface area contributed by atoms with Crippen LogP contribution >= 0.6 is 0 Å². The number of unbranched alkanes of at least 4 members (excludes halogenated alkanes) is 1. The molecular formula is C33H47N3O5. The summed E-state index contributed by atoms with van der Waals surface area (Å²) in [6.07, 6.45) is 6.71. The van der Waals surface area contributed by atoms with E-state index in [-0.39, 0.29) is 36.8 Å².